The summed E-state index contributed by atoms with van der Waals surface area (Å²) in [5, 5.41) is 10.4. The van der Waals surface area contributed by atoms with Gasteiger partial charge in [-0.15, -0.1) is 0 Å². The number of piperidine rings is 1. The molecule has 0 aromatic carbocycles. The van der Waals surface area contributed by atoms with Crippen LogP contribution in [0.4, 0.5) is 0 Å². The molecule has 3 rings (SSSR count). The zero-order valence-corrected chi connectivity index (χ0v) is 12.2. The SMILES string of the molecule is CCN1CCC(c2nc(Cl)c3n2CCC(O)C3)CC1. The molecule has 106 valence electrons. The molecule has 0 bridgehead atoms. The predicted molar refractivity (Wildman–Crippen MR) is 75.7 cm³/mol. The molecule has 1 fully saturated rings. The van der Waals surface area contributed by atoms with Crippen LogP contribution < -0.4 is 0 Å². The summed E-state index contributed by atoms with van der Waals surface area (Å²) in [6.45, 7) is 6.53. The Hall–Kier alpha value is -0.580. The van der Waals surface area contributed by atoms with Crippen LogP contribution in [0.15, 0.2) is 0 Å². The topological polar surface area (TPSA) is 41.3 Å². The molecule has 1 atom stereocenters. The van der Waals surface area contributed by atoms with Crippen molar-refractivity contribution in [3.8, 4) is 0 Å². The molecule has 0 aliphatic carbocycles. The summed E-state index contributed by atoms with van der Waals surface area (Å²) in [5.74, 6) is 1.69. The van der Waals surface area contributed by atoms with Crippen LogP contribution in [0.5, 0.6) is 0 Å². The average molecular weight is 284 g/mol. The number of nitrogens with zero attached hydrogens (tertiary/aromatic N) is 3. The van der Waals surface area contributed by atoms with Gasteiger partial charge in [-0.05, 0) is 38.9 Å². The first-order valence-corrected chi connectivity index (χ1v) is 7.72. The molecule has 2 aliphatic rings. The zero-order chi connectivity index (χ0) is 13.4. The maximum atomic E-state index is 9.76. The summed E-state index contributed by atoms with van der Waals surface area (Å²) in [4.78, 5) is 7.09. The van der Waals surface area contributed by atoms with Crippen molar-refractivity contribution in [1.29, 1.82) is 0 Å². The monoisotopic (exact) mass is 283 g/mol. The number of imidazole rings is 1. The van der Waals surface area contributed by atoms with Crippen molar-refractivity contribution in [2.75, 3.05) is 19.6 Å². The van der Waals surface area contributed by atoms with Gasteiger partial charge in [0.25, 0.3) is 0 Å². The third-order valence-corrected chi connectivity index (χ3v) is 4.87. The van der Waals surface area contributed by atoms with Gasteiger partial charge in [-0.25, -0.2) is 4.98 Å². The van der Waals surface area contributed by atoms with Crippen LogP contribution in [-0.4, -0.2) is 45.3 Å². The largest absolute Gasteiger partial charge is 0.393 e. The Kier molecular flexibility index (Phi) is 3.83. The Morgan fingerprint density at radius 2 is 2.00 bits per heavy atom. The number of hydrogen-bond acceptors (Lipinski definition) is 3. The Labute approximate surface area is 119 Å². The van der Waals surface area contributed by atoms with E-state index in [1.54, 1.807) is 0 Å². The van der Waals surface area contributed by atoms with E-state index in [1.165, 1.54) is 12.8 Å². The second-order valence-electron chi connectivity index (χ2n) is 5.71. The molecule has 4 nitrogen and oxygen atoms in total. The van der Waals surface area contributed by atoms with Gasteiger partial charge in [0, 0.05) is 18.9 Å². The lowest BCUT2D eigenvalue weighted by Crippen LogP contribution is -2.34. The highest BCUT2D eigenvalue weighted by Crippen LogP contribution is 2.33. The van der Waals surface area contributed by atoms with E-state index < -0.39 is 0 Å². The average Bonchev–Trinajstić information content (AvgIpc) is 2.76. The lowest BCUT2D eigenvalue weighted by atomic mass is 9.95. The number of likely N-dealkylation sites (tertiary alicyclic amines) is 1. The van der Waals surface area contributed by atoms with Crippen LogP contribution in [0.3, 0.4) is 0 Å². The first kappa shape index (κ1) is 13.4. The number of aromatic nitrogens is 2. The van der Waals surface area contributed by atoms with Gasteiger partial charge in [0.15, 0.2) is 5.15 Å². The minimum absolute atomic E-state index is 0.253. The van der Waals surface area contributed by atoms with Gasteiger partial charge < -0.3 is 14.6 Å². The highest BCUT2D eigenvalue weighted by Gasteiger charge is 2.29. The number of rotatable bonds is 2. The van der Waals surface area contributed by atoms with E-state index in [-0.39, 0.29) is 6.10 Å². The molecule has 19 heavy (non-hydrogen) atoms. The number of aliphatic hydroxyl groups is 1. The minimum Gasteiger partial charge on any atom is -0.393 e. The number of aliphatic hydroxyl groups excluding tert-OH is 1. The van der Waals surface area contributed by atoms with Crippen LogP contribution in [0.25, 0.3) is 0 Å². The molecule has 1 aromatic rings. The quantitative estimate of drug-likeness (QED) is 0.903. The standard InChI is InChI=1S/C14H22ClN3O/c1-2-17-6-3-10(4-7-17)14-16-13(15)12-9-11(19)5-8-18(12)14/h10-11,19H,2-9H2,1H3. The van der Waals surface area contributed by atoms with Crippen molar-refractivity contribution in [2.24, 2.45) is 0 Å². The Morgan fingerprint density at radius 1 is 1.26 bits per heavy atom. The van der Waals surface area contributed by atoms with Gasteiger partial charge in [0.2, 0.25) is 0 Å². The van der Waals surface area contributed by atoms with Gasteiger partial charge in [0.1, 0.15) is 5.82 Å². The minimum atomic E-state index is -0.253. The lowest BCUT2D eigenvalue weighted by Gasteiger charge is -2.31. The van der Waals surface area contributed by atoms with E-state index in [0.717, 1.165) is 44.1 Å². The maximum absolute atomic E-state index is 9.76. The molecule has 3 heterocycles. The van der Waals surface area contributed by atoms with Gasteiger partial charge in [-0.3, -0.25) is 0 Å². The summed E-state index contributed by atoms with van der Waals surface area (Å²) < 4.78 is 2.27. The Bertz CT molecular complexity index is 452. The normalized spacial score (nSPS) is 25.5. The molecule has 0 spiro atoms. The number of hydrogen-bond donors (Lipinski definition) is 1. The molecular weight excluding hydrogens is 262 g/mol. The van der Waals surface area contributed by atoms with Crippen molar-refractivity contribution in [2.45, 2.75) is 51.2 Å². The van der Waals surface area contributed by atoms with Crippen molar-refractivity contribution in [3.05, 3.63) is 16.7 Å². The van der Waals surface area contributed by atoms with Gasteiger partial charge in [-0.2, -0.15) is 0 Å². The third-order valence-electron chi connectivity index (χ3n) is 4.57. The number of halogens is 1. The van der Waals surface area contributed by atoms with E-state index in [9.17, 15) is 5.11 Å². The maximum Gasteiger partial charge on any atom is 0.150 e. The van der Waals surface area contributed by atoms with Crippen molar-refractivity contribution < 1.29 is 5.11 Å². The summed E-state index contributed by atoms with van der Waals surface area (Å²) >= 11 is 6.25. The second-order valence-corrected chi connectivity index (χ2v) is 6.07. The third kappa shape index (κ3) is 2.54. The number of fused-ring (bicyclic) bond motifs is 1. The second kappa shape index (κ2) is 5.43. The first-order valence-electron chi connectivity index (χ1n) is 7.34. The molecule has 0 radical (unpaired) electrons. The highest BCUT2D eigenvalue weighted by atomic mass is 35.5. The van der Waals surface area contributed by atoms with Crippen molar-refractivity contribution in [1.82, 2.24) is 14.5 Å². The van der Waals surface area contributed by atoms with Crippen molar-refractivity contribution in [3.63, 3.8) is 0 Å². The molecular formula is C14H22ClN3O. The summed E-state index contributed by atoms with van der Waals surface area (Å²) in [5.41, 5.74) is 1.04. The van der Waals surface area contributed by atoms with E-state index in [2.05, 4.69) is 21.4 Å². The highest BCUT2D eigenvalue weighted by molar-refractivity contribution is 6.30. The molecule has 0 saturated carbocycles. The molecule has 0 amide bonds. The van der Waals surface area contributed by atoms with E-state index in [4.69, 9.17) is 11.6 Å². The first-order chi connectivity index (χ1) is 9.19. The molecule has 1 aromatic heterocycles. The predicted octanol–water partition coefficient (Wildman–Crippen LogP) is 2.04. The molecule has 1 N–H and O–H groups in total. The van der Waals surface area contributed by atoms with Crippen LogP contribution >= 0.6 is 11.6 Å². The fourth-order valence-corrected chi connectivity index (χ4v) is 3.61. The van der Waals surface area contributed by atoms with Crippen molar-refractivity contribution >= 4 is 11.6 Å². The van der Waals surface area contributed by atoms with E-state index in [1.807, 2.05) is 0 Å². The Balaban J connectivity index is 1.81. The van der Waals surface area contributed by atoms with E-state index >= 15 is 0 Å². The van der Waals surface area contributed by atoms with Crippen LogP contribution in [-0.2, 0) is 13.0 Å². The smallest absolute Gasteiger partial charge is 0.150 e. The van der Waals surface area contributed by atoms with Crippen LogP contribution in [0.2, 0.25) is 5.15 Å². The fourth-order valence-electron chi connectivity index (χ4n) is 3.34. The van der Waals surface area contributed by atoms with Gasteiger partial charge in [-0.1, -0.05) is 18.5 Å². The van der Waals surface area contributed by atoms with Gasteiger partial charge in [0.05, 0.1) is 11.8 Å². The van der Waals surface area contributed by atoms with Crippen LogP contribution in [0.1, 0.15) is 43.6 Å². The lowest BCUT2D eigenvalue weighted by molar-refractivity contribution is 0.141. The molecule has 1 saturated heterocycles. The van der Waals surface area contributed by atoms with E-state index in [0.29, 0.717) is 17.5 Å². The molecule has 5 heteroatoms. The fraction of sp³-hybridized carbons (Fsp3) is 0.786. The summed E-state index contributed by atoms with van der Waals surface area (Å²) in [7, 11) is 0. The summed E-state index contributed by atoms with van der Waals surface area (Å²) in [6.07, 6.45) is 3.56. The van der Waals surface area contributed by atoms with Crippen LogP contribution in [0, 0.1) is 0 Å². The zero-order valence-electron chi connectivity index (χ0n) is 11.5. The molecule has 1 unspecified atom stereocenters. The van der Waals surface area contributed by atoms with Gasteiger partial charge >= 0.3 is 0 Å². The Morgan fingerprint density at radius 3 is 2.68 bits per heavy atom. The molecule has 2 aliphatic heterocycles. The summed E-state index contributed by atoms with van der Waals surface area (Å²) in [6, 6.07) is 0.